The molecule has 0 saturated carbocycles. The van der Waals surface area contributed by atoms with E-state index < -0.39 is 12.1 Å². The van der Waals surface area contributed by atoms with Gasteiger partial charge in [-0.15, -0.1) is 10.2 Å². The number of H-pyrrole nitrogens is 1. The summed E-state index contributed by atoms with van der Waals surface area (Å²) in [6.45, 7) is 1.51. The molecule has 9 nitrogen and oxygen atoms in total. The monoisotopic (exact) mass is 422 g/mol. The molecule has 0 bridgehead atoms. The number of Topliss-reactive ketones (excluding diaryl/α,β-unsaturated/α-hetero) is 1. The van der Waals surface area contributed by atoms with Crippen LogP contribution in [0.4, 0.5) is 5.69 Å². The number of nitrogens with one attached hydrogen (secondary N) is 2. The van der Waals surface area contributed by atoms with E-state index in [2.05, 4.69) is 25.9 Å². The molecule has 1 atom stereocenters. The van der Waals surface area contributed by atoms with Crippen LogP contribution in [-0.4, -0.2) is 38.5 Å². The van der Waals surface area contributed by atoms with Crippen molar-refractivity contribution in [1.82, 2.24) is 20.6 Å². The fourth-order valence-corrected chi connectivity index (χ4v) is 2.54. The van der Waals surface area contributed by atoms with E-state index in [1.807, 2.05) is 6.07 Å². The van der Waals surface area contributed by atoms with Gasteiger partial charge < -0.3 is 10.1 Å². The number of esters is 1. The van der Waals surface area contributed by atoms with Crippen LogP contribution in [0.25, 0.3) is 5.57 Å². The molecule has 0 amide bonds. The highest BCUT2D eigenvalue weighted by molar-refractivity contribution is 6.30. The Hall–Kier alpha value is -4.03. The van der Waals surface area contributed by atoms with Gasteiger partial charge >= 0.3 is 5.97 Å². The molecule has 0 aliphatic rings. The van der Waals surface area contributed by atoms with Gasteiger partial charge in [-0.05, 0) is 60.7 Å². The van der Waals surface area contributed by atoms with Gasteiger partial charge in [-0.3, -0.25) is 4.79 Å². The Labute approximate surface area is 176 Å². The number of carbonyl (C=O) groups is 2. The van der Waals surface area contributed by atoms with Crippen molar-refractivity contribution in [3.05, 3.63) is 76.7 Å². The highest BCUT2D eigenvalue weighted by Crippen LogP contribution is 2.16. The molecule has 1 unspecified atom stereocenters. The average Bonchev–Trinajstić information content (AvgIpc) is 3.29. The van der Waals surface area contributed by atoms with Crippen molar-refractivity contribution >= 4 is 34.6 Å². The summed E-state index contributed by atoms with van der Waals surface area (Å²) < 4.78 is 5.26. The summed E-state index contributed by atoms with van der Waals surface area (Å²) in [5.74, 6) is -0.796. The predicted molar refractivity (Wildman–Crippen MR) is 108 cm³/mol. The summed E-state index contributed by atoms with van der Waals surface area (Å²) in [4.78, 5) is 24.7. The molecule has 0 spiro atoms. The summed E-state index contributed by atoms with van der Waals surface area (Å²) in [6.07, 6.45) is 0.470. The van der Waals surface area contributed by atoms with E-state index in [0.29, 0.717) is 16.3 Å². The molecule has 3 rings (SSSR count). The Morgan fingerprint density at radius 1 is 1.17 bits per heavy atom. The first-order chi connectivity index (χ1) is 14.5. The number of ether oxygens (including phenoxy) is 1. The average molecular weight is 423 g/mol. The number of anilines is 1. The molecule has 2 aromatic carbocycles. The Morgan fingerprint density at radius 3 is 2.43 bits per heavy atom. The van der Waals surface area contributed by atoms with Gasteiger partial charge in [0.1, 0.15) is 11.6 Å². The van der Waals surface area contributed by atoms with Gasteiger partial charge in [0, 0.05) is 22.5 Å². The summed E-state index contributed by atoms with van der Waals surface area (Å²) >= 11 is 5.82. The Bertz CT molecular complexity index is 1100. The van der Waals surface area contributed by atoms with E-state index >= 15 is 0 Å². The van der Waals surface area contributed by atoms with Crippen molar-refractivity contribution in [1.29, 1.82) is 5.26 Å². The van der Waals surface area contributed by atoms with E-state index in [4.69, 9.17) is 21.6 Å². The number of benzene rings is 2. The fraction of sp³-hybridized carbons (Fsp3) is 0.100. The summed E-state index contributed by atoms with van der Waals surface area (Å²) in [5.41, 5.74) is 1.48. The van der Waals surface area contributed by atoms with Crippen molar-refractivity contribution in [3.8, 4) is 6.07 Å². The van der Waals surface area contributed by atoms with Gasteiger partial charge in [0.15, 0.2) is 6.10 Å². The summed E-state index contributed by atoms with van der Waals surface area (Å²) in [6, 6.07) is 14.6. The maximum atomic E-state index is 12.4. The van der Waals surface area contributed by atoms with Gasteiger partial charge in [-0.1, -0.05) is 11.6 Å². The number of tetrazole rings is 1. The molecule has 0 aliphatic heterocycles. The van der Waals surface area contributed by atoms with Crippen molar-refractivity contribution in [2.75, 3.05) is 5.32 Å². The number of halogens is 1. The third-order valence-electron chi connectivity index (χ3n) is 3.99. The highest BCUT2D eigenvalue weighted by atomic mass is 35.5. The molecule has 0 fully saturated rings. The lowest BCUT2D eigenvalue weighted by Gasteiger charge is -2.12. The number of allylic oxidation sites excluding steroid dienone is 1. The molecule has 10 heteroatoms. The van der Waals surface area contributed by atoms with Gasteiger partial charge in [0.2, 0.25) is 11.6 Å². The number of nitrogens with zero attached hydrogens (tertiary/aromatic N) is 4. The topological polar surface area (TPSA) is 134 Å². The van der Waals surface area contributed by atoms with E-state index in [1.54, 1.807) is 48.5 Å². The molecule has 150 valence electrons. The number of nitriles is 1. The second-order valence-electron chi connectivity index (χ2n) is 6.05. The van der Waals surface area contributed by atoms with Gasteiger partial charge in [-0.2, -0.15) is 10.5 Å². The molecular formula is C20H15ClN6O3. The van der Waals surface area contributed by atoms with Crippen LogP contribution >= 0.6 is 11.6 Å². The van der Waals surface area contributed by atoms with Gasteiger partial charge in [0.05, 0.1) is 5.56 Å². The number of carbonyl (C=O) groups excluding carboxylic acids is 2. The van der Waals surface area contributed by atoms with Crippen molar-refractivity contribution in [2.45, 2.75) is 13.0 Å². The predicted octanol–water partition coefficient (Wildman–Crippen LogP) is 3.26. The molecule has 30 heavy (non-hydrogen) atoms. The van der Waals surface area contributed by atoms with Crippen LogP contribution in [0.15, 0.2) is 54.7 Å². The largest absolute Gasteiger partial charge is 0.451 e. The lowest BCUT2D eigenvalue weighted by Crippen LogP contribution is -2.24. The van der Waals surface area contributed by atoms with E-state index in [-0.39, 0.29) is 22.7 Å². The van der Waals surface area contributed by atoms with Gasteiger partial charge in [-0.25, -0.2) is 4.79 Å². The summed E-state index contributed by atoms with van der Waals surface area (Å²) in [5, 5.41) is 25.7. The molecule has 3 aromatic rings. The fourth-order valence-electron chi connectivity index (χ4n) is 2.41. The molecule has 0 saturated heterocycles. The lowest BCUT2D eigenvalue weighted by molar-refractivity contribution is 0.0319. The zero-order chi connectivity index (χ0) is 21.5. The van der Waals surface area contributed by atoms with Crippen molar-refractivity contribution in [2.24, 2.45) is 0 Å². The first-order valence-corrected chi connectivity index (χ1v) is 9.07. The van der Waals surface area contributed by atoms with Crippen LogP contribution in [0.5, 0.6) is 0 Å². The Balaban J connectivity index is 1.61. The van der Waals surface area contributed by atoms with Crippen LogP contribution in [-0.2, 0) is 4.74 Å². The second kappa shape index (κ2) is 9.45. The standard InChI is InChI=1S/C20H15ClN6O3/c1-12(18(28)13-2-6-16(21)7-3-13)30-20(29)14-4-8-17(9-5-14)23-11-15(10-22)19-24-26-27-25-19/h2-9,11-12,23H,1H3,(H,24,25,26,27). The van der Waals surface area contributed by atoms with Crippen molar-refractivity contribution < 1.29 is 14.3 Å². The molecule has 0 aliphatic carbocycles. The van der Waals surface area contributed by atoms with Crippen LogP contribution in [0.1, 0.15) is 33.5 Å². The smallest absolute Gasteiger partial charge is 0.338 e. The number of aromatic amines is 1. The Morgan fingerprint density at radius 2 is 1.83 bits per heavy atom. The number of rotatable bonds is 7. The number of hydrogen-bond donors (Lipinski definition) is 2. The Kier molecular flexibility index (Phi) is 6.52. The maximum absolute atomic E-state index is 12.4. The molecule has 1 heterocycles. The van der Waals surface area contributed by atoms with Crippen LogP contribution in [0.3, 0.4) is 0 Å². The third-order valence-corrected chi connectivity index (χ3v) is 4.24. The minimum Gasteiger partial charge on any atom is -0.451 e. The summed E-state index contributed by atoms with van der Waals surface area (Å²) in [7, 11) is 0. The minimum absolute atomic E-state index is 0.157. The third kappa shape index (κ3) is 5.06. The first-order valence-electron chi connectivity index (χ1n) is 8.69. The number of hydrogen-bond acceptors (Lipinski definition) is 8. The van der Waals surface area contributed by atoms with E-state index in [9.17, 15) is 9.59 Å². The molecule has 2 N–H and O–H groups in total. The number of ketones is 1. The highest BCUT2D eigenvalue weighted by Gasteiger charge is 2.20. The number of aromatic nitrogens is 4. The first kappa shape index (κ1) is 20.7. The normalized spacial score (nSPS) is 12.0. The van der Waals surface area contributed by atoms with Crippen LogP contribution < -0.4 is 5.32 Å². The molecular weight excluding hydrogens is 408 g/mol. The zero-order valence-corrected chi connectivity index (χ0v) is 16.4. The quantitative estimate of drug-likeness (QED) is 0.336. The van der Waals surface area contributed by atoms with Crippen LogP contribution in [0.2, 0.25) is 5.02 Å². The van der Waals surface area contributed by atoms with Crippen molar-refractivity contribution in [3.63, 3.8) is 0 Å². The SMILES string of the molecule is CC(OC(=O)c1ccc(NC=C(C#N)c2nn[nH]n2)cc1)C(=O)c1ccc(Cl)cc1. The molecule has 1 aromatic heterocycles. The lowest BCUT2D eigenvalue weighted by atomic mass is 10.1. The van der Waals surface area contributed by atoms with Crippen LogP contribution in [0, 0.1) is 11.3 Å². The second-order valence-corrected chi connectivity index (χ2v) is 6.48. The maximum Gasteiger partial charge on any atom is 0.338 e. The minimum atomic E-state index is -0.951. The zero-order valence-electron chi connectivity index (χ0n) is 15.7. The molecule has 0 radical (unpaired) electrons. The van der Waals surface area contributed by atoms with E-state index in [1.165, 1.54) is 13.1 Å². The van der Waals surface area contributed by atoms with Gasteiger partial charge in [0.25, 0.3) is 0 Å². The van der Waals surface area contributed by atoms with E-state index in [0.717, 1.165) is 0 Å².